The zero-order valence-electron chi connectivity index (χ0n) is 8.11. The smallest absolute Gasteiger partial charge is 0.271 e. The van der Waals surface area contributed by atoms with E-state index in [-0.39, 0.29) is 23.1 Å². The first kappa shape index (κ1) is 10.4. The van der Waals surface area contributed by atoms with Crippen LogP contribution in [-0.4, -0.2) is 34.8 Å². The van der Waals surface area contributed by atoms with Crippen LogP contribution < -0.4 is 10.5 Å². The summed E-state index contributed by atoms with van der Waals surface area (Å²) in [5.74, 6) is 0.763. The molecule has 0 bridgehead atoms. The summed E-state index contributed by atoms with van der Waals surface area (Å²) in [6.07, 6.45) is 2.25. The standard InChI is InChI=1S/C9H12ClN3O2/c10-7-8(11-5-12-9(7)15)13-2-1-6(3-13)4-14/h5-6,14H,1-4H2,(H,11,12,15). The van der Waals surface area contributed by atoms with Crippen molar-refractivity contribution in [2.75, 3.05) is 24.6 Å². The minimum atomic E-state index is -0.325. The van der Waals surface area contributed by atoms with Gasteiger partial charge in [-0.3, -0.25) is 4.79 Å². The second-order valence-electron chi connectivity index (χ2n) is 3.65. The van der Waals surface area contributed by atoms with Crippen LogP contribution in [0.3, 0.4) is 0 Å². The van der Waals surface area contributed by atoms with E-state index in [0.29, 0.717) is 12.4 Å². The fourth-order valence-electron chi connectivity index (χ4n) is 1.77. The molecule has 1 fully saturated rings. The number of anilines is 1. The number of halogens is 1. The highest BCUT2D eigenvalue weighted by molar-refractivity contribution is 6.32. The van der Waals surface area contributed by atoms with Gasteiger partial charge >= 0.3 is 0 Å². The van der Waals surface area contributed by atoms with Gasteiger partial charge in [-0.05, 0) is 6.42 Å². The zero-order valence-corrected chi connectivity index (χ0v) is 8.87. The molecular formula is C9H12ClN3O2. The molecule has 1 aliphatic rings. The van der Waals surface area contributed by atoms with Crippen molar-refractivity contribution in [3.63, 3.8) is 0 Å². The van der Waals surface area contributed by atoms with Crippen molar-refractivity contribution < 1.29 is 5.11 Å². The molecule has 1 saturated heterocycles. The Kier molecular flexibility index (Phi) is 2.93. The molecule has 1 unspecified atom stereocenters. The summed E-state index contributed by atoms with van der Waals surface area (Å²) in [6, 6.07) is 0. The Morgan fingerprint density at radius 2 is 2.53 bits per heavy atom. The number of hydrogen-bond donors (Lipinski definition) is 2. The van der Waals surface area contributed by atoms with Crippen LogP contribution in [-0.2, 0) is 0 Å². The molecule has 15 heavy (non-hydrogen) atoms. The lowest BCUT2D eigenvalue weighted by molar-refractivity contribution is 0.238. The Labute approximate surface area is 91.7 Å². The Balaban J connectivity index is 2.24. The van der Waals surface area contributed by atoms with Crippen molar-refractivity contribution in [1.29, 1.82) is 0 Å². The third kappa shape index (κ3) is 1.98. The summed E-state index contributed by atoms with van der Waals surface area (Å²) in [4.78, 5) is 19.6. The van der Waals surface area contributed by atoms with Gasteiger partial charge < -0.3 is 15.0 Å². The van der Waals surface area contributed by atoms with Gasteiger partial charge in [0.15, 0.2) is 5.82 Å². The van der Waals surface area contributed by atoms with Gasteiger partial charge in [-0.2, -0.15) is 0 Å². The van der Waals surface area contributed by atoms with E-state index in [4.69, 9.17) is 16.7 Å². The summed E-state index contributed by atoms with van der Waals surface area (Å²) in [5.41, 5.74) is -0.325. The van der Waals surface area contributed by atoms with Crippen molar-refractivity contribution >= 4 is 17.4 Å². The highest BCUT2D eigenvalue weighted by atomic mass is 35.5. The summed E-state index contributed by atoms with van der Waals surface area (Å²) < 4.78 is 0. The van der Waals surface area contributed by atoms with Gasteiger partial charge in [0.1, 0.15) is 5.02 Å². The Hall–Kier alpha value is -1.07. The lowest BCUT2D eigenvalue weighted by atomic mass is 10.1. The van der Waals surface area contributed by atoms with E-state index < -0.39 is 0 Å². The van der Waals surface area contributed by atoms with Crippen LogP contribution >= 0.6 is 11.6 Å². The second-order valence-corrected chi connectivity index (χ2v) is 4.03. The number of nitrogens with one attached hydrogen (secondary N) is 1. The maximum atomic E-state index is 11.2. The van der Waals surface area contributed by atoms with Crippen LogP contribution in [0.4, 0.5) is 5.82 Å². The van der Waals surface area contributed by atoms with Crippen LogP contribution in [0.5, 0.6) is 0 Å². The summed E-state index contributed by atoms with van der Waals surface area (Å²) in [7, 11) is 0. The van der Waals surface area contributed by atoms with Crippen molar-refractivity contribution in [3.8, 4) is 0 Å². The van der Waals surface area contributed by atoms with E-state index in [2.05, 4.69) is 9.97 Å². The topological polar surface area (TPSA) is 69.2 Å². The number of aromatic amines is 1. The predicted molar refractivity (Wildman–Crippen MR) is 57.3 cm³/mol. The molecule has 0 amide bonds. The molecule has 5 nitrogen and oxygen atoms in total. The van der Waals surface area contributed by atoms with Crippen molar-refractivity contribution in [3.05, 3.63) is 21.7 Å². The van der Waals surface area contributed by atoms with Gasteiger partial charge in [0.25, 0.3) is 5.56 Å². The van der Waals surface area contributed by atoms with Crippen LogP contribution in [0, 0.1) is 5.92 Å². The van der Waals surface area contributed by atoms with Crippen LogP contribution in [0.15, 0.2) is 11.1 Å². The summed E-state index contributed by atoms with van der Waals surface area (Å²) in [5, 5.41) is 9.13. The third-order valence-corrected chi connectivity index (χ3v) is 2.96. The van der Waals surface area contributed by atoms with Gasteiger partial charge in [0.2, 0.25) is 0 Å². The number of H-pyrrole nitrogens is 1. The predicted octanol–water partition coefficient (Wildman–Crippen LogP) is 0.242. The molecule has 2 rings (SSSR count). The lowest BCUT2D eigenvalue weighted by Gasteiger charge is -2.17. The molecule has 2 N–H and O–H groups in total. The number of hydrogen-bond acceptors (Lipinski definition) is 4. The van der Waals surface area contributed by atoms with E-state index >= 15 is 0 Å². The minimum Gasteiger partial charge on any atom is -0.396 e. The molecule has 1 aromatic rings. The molecule has 0 aliphatic carbocycles. The average Bonchev–Trinajstić information content (AvgIpc) is 2.70. The molecule has 0 saturated carbocycles. The largest absolute Gasteiger partial charge is 0.396 e. The first-order valence-corrected chi connectivity index (χ1v) is 5.19. The van der Waals surface area contributed by atoms with E-state index in [0.717, 1.165) is 13.0 Å². The summed E-state index contributed by atoms with van der Waals surface area (Å²) in [6.45, 7) is 1.64. The molecule has 0 aromatic carbocycles. The van der Waals surface area contributed by atoms with E-state index in [1.807, 2.05) is 4.90 Å². The number of aliphatic hydroxyl groups is 1. The highest BCUT2D eigenvalue weighted by Gasteiger charge is 2.24. The first-order valence-electron chi connectivity index (χ1n) is 4.81. The van der Waals surface area contributed by atoms with Gasteiger partial charge in [0, 0.05) is 25.6 Å². The zero-order chi connectivity index (χ0) is 10.8. The van der Waals surface area contributed by atoms with E-state index in [9.17, 15) is 4.79 Å². The van der Waals surface area contributed by atoms with Gasteiger partial charge in [-0.1, -0.05) is 11.6 Å². The molecule has 1 atom stereocenters. The molecule has 82 valence electrons. The maximum absolute atomic E-state index is 11.2. The fourth-order valence-corrected chi connectivity index (χ4v) is 1.99. The molecule has 2 heterocycles. The summed E-state index contributed by atoms with van der Waals surface area (Å²) >= 11 is 5.85. The van der Waals surface area contributed by atoms with Crippen molar-refractivity contribution in [1.82, 2.24) is 9.97 Å². The van der Waals surface area contributed by atoms with Gasteiger partial charge in [-0.15, -0.1) is 0 Å². The number of aliphatic hydroxyl groups excluding tert-OH is 1. The van der Waals surface area contributed by atoms with E-state index in [1.165, 1.54) is 6.33 Å². The normalized spacial score (nSPS) is 20.9. The number of rotatable bonds is 2. The van der Waals surface area contributed by atoms with Crippen molar-refractivity contribution in [2.24, 2.45) is 5.92 Å². The minimum absolute atomic E-state index is 0.121. The molecular weight excluding hydrogens is 218 g/mol. The van der Waals surface area contributed by atoms with Crippen LogP contribution in [0.1, 0.15) is 6.42 Å². The molecule has 0 spiro atoms. The number of nitrogens with zero attached hydrogens (tertiary/aromatic N) is 2. The Bertz CT molecular complexity index is 407. The quantitative estimate of drug-likeness (QED) is 0.763. The molecule has 6 heteroatoms. The molecule has 1 aromatic heterocycles. The molecule has 0 radical (unpaired) electrons. The Morgan fingerprint density at radius 1 is 1.73 bits per heavy atom. The Morgan fingerprint density at radius 3 is 3.20 bits per heavy atom. The third-order valence-electron chi connectivity index (χ3n) is 2.62. The molecule has 1 aliphatic heterocycles. The van der Waals surface area contributed by atoms with E-state index in [1.54, 1.807) is 0 Å². The highest BCUT2D eigenvalue weighted by Crippen LogP contribution is 2.25. The first-order chi connectivity index (χ1) is 7.22. The van der Waals surface area contributed by atoms with Gasteiger partial charge in [-0.25, -0.2) is 4.98 Å². The van der Waals surface area contributed by atoms with Crippen molar-refractivity contribution in [2.45, 2.75) is 6.42 Å². The van der Waals surface area contributed by atoms with Crippen LogP contribution in [0.25, 0.3) is 0 Å². The number of aromatic nitrogens is 2. The average molecular weight is 230 g/mol. The maximum Gasteiger partial charge on any atom is 0.271 e. The lowest BCUT2D eigenvalue weighted by Crippen LogP contribution is -2.24. The fraction of sp³-hybridized carbons (Fsp3) is 0.556. The monoisotopic (exact) mass is 229 g/mol. The second kappa shape index (κ2) is 4.20. The van der Waals surface area contributed by atoms with Crippen LogP contribution in [0.2, 0.25) is 5.02 Å². The van der Waals surface area contributed by atoms with Gasteiger partial charge in [0.05, 0.1) is 6.33 Å². The SMILES string of the molecule is O=c1[nH]cnc(N2CCC(CO)C2)c1Cl.